The molecule has 6 nitrogen and oxygen atoms in total. The van der Waals surface area contributed by atoms with Crippen LogP contribution >= 0.6 is 0 Å². The number of carbonyl (C=O) groups excluding carboxylic acids is 2. The monoisotopic (exact) mass is 280 g/mol. The number of hydrogen-bond donors (Lipinski definition) is 0. The van der Waals surface area contributed by atoms with Crippen molar-refractivity contribution in [2.45, 2.75) is 37.8 Å². The van der Waals surface area contributed by atoms with Gasteiger partial charge >= 0.3 is 11.8 Å². The van der Waals surface area contributed by atoms with Gasteiger partial charge < -0.3 is 0 Å². The third-order valence-corrected chi connectivity index (χ3v) is 3.54. The van der Waals surface area contributed by atoms with E-state index in [1.165, 1.54) is 10.1 Å². The van der Waals surface area contributed by atoms with Crippen LogP contribution in [0, 0.1) is 0 Å². The Kier molecular flexibility index (Phi) is 4.92. The summed E-state index contributed by atoms with van der Waals surface area (Å²) < 4.78 is 0. The molecule has 2 rings (SSSR count). The van der Waals surface area contributed by atoms with E-state index >= 15 is 0 Å². The summed E-state index contributed by atoms with van der Waals surface area (Å²) in [5, 5.41) is 2.42. The fourth-order valence-corrected chi connectivity index (χ4v) is 2.70. The highest BCUT2D eigenvalue weighted by molar-refractivity contribution is 6.35. The van der Waals surface area contributed by atoms with Gasteiger partial charge in [-0.3, -0.25) is 19.3 Å². The summed E-state index contributed by atoms with van der Waals surface area (Å²) in [5.41, 5.74) is 0. The molecule has 1 saturated carbocycles. The number of carbonyl (C=O) groups is 2. The second kappa shape index (κ2) is 6.67. The summed E-state index contributed by atoms with van der Waals surface area (Å²) >= 11 is 0. The topological polar surface area (TPSA) is 59.1 Å². The van der Waals surface area contributed by atoms with Crippen LogP contribution in [0.15, 0.2) is 25.3 Å². The second-order valence-corrected chi connectivity index (χ2v) is 4.85. The number of rotatable bonds is 6. The largest absolute Gasteiger partial charge is 0.338 e. The summed E-state index contributed by atoms with van der Waals surface area (Å²) in [6.45, 7) is 7.52. The van der Waals surface area contributed by atoms with Crippen molar-refractivity contribution < 1.29 is 19.3 Å². The van der Waals surface area contributed by atoms with Gasteiger partial charge in [-0.25, -0.2) is 10.1 Å². The predicted octanol–water partition coefficient (Wildman–Crippen LogP) is 1.20. The summed E-state index contributed by atoms with van der Waals surface area (Å²) in [6.07, 6.45) is 6.72. The number of piperazine rings is 1. The van der Waals surface area contributed by atoms with E-state index in [0.29, 0.717) is 0 Å². The molecule has 0 aromatic rings. The van der Waals surface area contributed by atoms with Crippen molar-refractivity contribution >= 4 is 11.8 Å². The van der Waals surface area contributed by atoms with Gasteiger partial charge in [0.05, 0.1) is 25.3 Å². The van der Waals surface area contributed by atoms with Crippen molar-refractivity contribution in [3.05, 3.63) is 25.3 Å². The number of hydroxylamine groups is 4. The van der Waals surface area contributed by atoms with Gasteiger partial charge in [-0.15, -0.1) is 13.2 Å². The summed E-state index contributed by atoms with van der Waals surface area (Å²) in [5.74, 6) is -1.36. The lowest BCUT2D eigenvalue weighted by Crippen LogP contribution is -2.65. The zero-order chi connectivity index (χ0) is 14.5. The highest BCUT2D eigenvalue weighted by atomic mass is 16.7. The van der Waals surface area contributed by atoms with Gasteiger partial charge in [-0.1, -0.05) is 25.0 Å². The van der Waals surface area contributed by atoms with Gasteiger partial charge in [0.25, 0.3) is 0 Å². The Hall–Kier alpha value is -1.66. The Labute approximate surface area is 118 Å². The molecule has 2 atom stereocenters. The summed E-state index contributed by atoms with van der Waals surface area (Å²) in [6, 6.07) is -0.308. The number of nitrogens with zero attached hydrogens (tertiary/aromatic N) is 2. The first kappa shape index (κ1) is 14.7. The minimum absolute atomic E-state index is 0.154. The van der Waals surface area contributed by atoms with Crippen molar-refractivity contribution in [2.75, 3.05) is 13.2 Å². The molecule has 110 valence electrons. The van der Waals surface area contributed by atoms with Crippen molar-refractivity contribution in [1.29, 1.82) is 0 Å². The van der Waals surface area contributed by atoms with E-state index in [2.05, 4.69) is 13.2 Å². The molecule has 0 aromatic carbocycles. The second-order valence-electron chi connectivity index (χ2n) is 4.85. The van der Waals surface area contributed by atoms with E-state index in [9.17, 15) is 9.59 Å². The Morgan fingerprint density at radius 3 is 1.70 bits per heavy atom. The van der Waals surface area contributed by atoms with Gasteiger partial charge in [0, 0.05) is 0 Å². The van der Waals surface area contributed by atoms with Crippen LogP contribution in [-0.4, -0.2) is 47.2 Å². The maximum Gasteiger partial charge on any atom is 0.338 e. The third-order valence-electron chi connectivity index (χ3n) is 3.54. The molecule has 6 heteroatoms. The zero-order valence-electron chi connectivity index (χ0n) is 11.5. The number of fused-ring (bicyclic) bond motifs is 1. The Bertz CT molecular complexity index is 372. The normalized spacial score (nSPS) is 26.4. The van der Waals surface area contributed by atoms with Crippen LogP contribution in [0.5, 0.6) is 0 Å². The lowest BCUT2D eigenvalue weighted by atomic mass is 9.88. The molecular formula is C14H20N2O4. The molecule has 1 aliphatic carbocycles. The lowest BCUT2D eigenvalue weighted by Gasteiger charge is -2.46. The maximum absolute atomic E-state index is 12.1. The molecular weight excluding hydrogens is 260 g/mol. The first-order valence-electron chi connectivity index (χ1n) is 6.85. The van der Waals surface area contributed by atoms with Crippen LogP contribution in [0.2, 0.25) is 0 Å². The fourth-order valence-electron chi connectivity index (χ4n) is 2.70. The van der Waals surface area contributed by atoms with E-state index in [1.807, 2.05) is 0 Å². The Morgan fingerprint density at radius 1 is 0.950 bits per heavy atom. The molecule has 2 aliphatic rings. The summed E-state index contributed by atoms with van der Waals surface area (Å²) in [4.78, 5) is 35.0. The maximum atomic E-state index is 12.1. The van der Waals surface area contributed by atoms with Gasteiger partial charge in [-0.2, -0.15) is 0 Å². The van der Waals surface area contributed by atoms with Gasteiger partial charge in [-0.05, 0) is 12.8 Å². The highest BCUT2D eigenvalue weighted by Crippen LogP contribution is 2.31. The van der Waals surface area contributed by atoms with Crippen LogP contribution in [0.4, 0.5) is 0 Å². The minimum atomic E-state index is -0.681. The van der Waals surface area contributed by atoms with E-state index in [4.69, 9.17) is 9.68 Å². The SMILES string of the molecule is C=CCON1C(=O)C(=O)N(OCC=C)[C@H]2CCCC[C@H]21. The molecule has 0 spiro atoms. The smallest absolute Gasteiger partial charge is 0.266 e. The van der Waals surface area contributed by atoms with Crippen molar-refractivity contribution in [2.24, 2.45) is 0 Å². The average Bonchev–Trinajstić information content (AvgIpc) is 2.47. The third kappa shape index (κ3) is 2.76. The average molecular weight is 280 g/mol. The van der Waals surface area contributed by atoms with Crippen LogP contribution < -0.4 is 0 Å². The van der Waals surface area contributed by atoms with Crippen LogP contribution in [0.1, 0.15) is 25.7 Å². The van der Waals surface area contributed by atoms with E-state index in [0.717, 1.165) is 25.7 Å². The predicted molar refractivity (Wildman–Crippen MR) is 72.0 cm³/mol. The molecule has 1 heterocycles. The van der Waals surface area contributed by atoms with Crippen LogP contribution in [0.25, 0.3) is 0 Å². The molecule has 0 N–H and O–H groups in total. The van der Waals surface area contributed by atoms with Crippen molar-refractivity contribution in [3.63, 3.8) is 0 Å². The first-order valence-corrected chi connectivity index (χ1v) is 6.85. The van der Waals surface area contributed by atoms with Crippen LogP contribution in [0.3, 0.4) is 0 Å². The molecule has 2 amide bonds. The number of hydrogen-bond acceptors (Lipinski definition) is 4. The zero-order valence-corrected chi connectivity index (χ0v) is 11.5. The van der Waals surface area contributed by atoms with E-state index < -0.39 is 11.8 Å². The van der Waals surface area contributed by atoms with Gasteiger partial charge in [0.1, 0.15) is 0 Å². The summed E-state index contributed by atoms with van der Waals surface area (Å²) in [7, 11) is 0. The molecule has 0 aromatic heterocycles. The lowest BCUT2D eigenvalue weighted by molar-refractivity contribution is -0.259. The molecule has 20 heavy (non-hydrogen) atoms. The molecule has 1 saturated heterocycles. The van der Waals surface area contributed by atoms with Crippen molar-refractivity contribution in [3.8, 4) is 0 Å². The molecule has 0 radical (unpaired) electrons. The highest BCUT2D eigenvalue weighted by Gasteiger charge is 2.48. The molecule has 2 fully saturated rings. The van der Waals surface area contributed by atoms with E-state index in [-0.39, 0.29) is 25.3 Å². The quantitative estimate of drug-likeness (QED) is 0.542. The minimum Gasteiger partial charge on any atom is -0.266 e. The van der Waals surface area contributed by atoms with Crippen molar-refractivity contribution in [1.82, 2.24) is 10.1 Å². The number of amides is 2. The van der Waals surface area contributed by atoms with Gasteiger partial charge in [0.2, 0.25) is 0 Å². The van der Waals surface area contributed by atoms with Gasteiger partial charge in [0.15, 0.2) is 0 Å². The van der Waals surface area contributed by atoms with E-state index in [1.54, 1.807) is 12.2 Å². The first-order chi connectivity index (χ1) is 9.70. The molecule has 0 unspecified atom stereocenters. The Balaban J connectivity index is 2.19. The standard InChI is InChI=1S/C14H20N2O4/c1-3-9-19-15-11-7-5-6-8-12(11)16(20-10-4-2)14(18)13(15)17/h3-4,11-12H,1-2,5-10H2/t11-,12+. The molecule has 0 bridgehead atoms. The molecule has 1 aliphatic heterocycles. The Morgan fingerprint density at radius 2 is 1.35 bits per heavy atom. The fraction of sp³-hybridized carbons (Fsp3) is 0.571. The van der Waals surface area contributed by atoms with Crippen LogP contribution in [-0.2, 0) is 19.3 Å².